The Kier molecular flexibility index (Phi) is 6.69. The van der Waals surface area contributed by atoms with E-state index < -0.39 is 0 Å². The molecule has 0 spiro atoms. The first-order valence-corrected chi connectivity index (χ1v) is 10.6. The van der Waals surface area contributed by atoms with E-state index >= 15 is 0 Å². The number of ether oxygens (including phenoxy) is 1. The van der Waals surface area contributed by atoms with Gasteiger partial charge in [-0.2, -0.15) is 0 Å². The molecule has 8 nitrogen and oxygen atoms in total. The fourth-order valence-corrected chi connectivity index (χ4v) is 4.10. The Balaban J connectivity index is 1.32. The lowest BCUT2D eigenvalue weighted by Gasteiger charge is -2.38. The molecule has 0 bridgehead atoms. The van der Waals surface area contributed by atoms with Crippen molar-refractivity contribution >= 4 is 16.9 Å². The van der Waals surface area contributed by atoms with Gasteiger partial charge in [-0.3, -0.25) is 9.69 Å². The molecule has 1 aliphatic rings. The van der Waals surface area contributed by atoms with E-state index in [1.165, 1.54) is 11.8 Å². The number of methoxy groups -OCH3 is 1. The van der Waals surface area contributed by atoms with Gasteiger partial charge in [0.25, 0.3) is 5.56 Å². The third kappa shape index (κ3) is 4.81. The minimum atomic E-state index is -0.375. The maximum atomic E-state index is 12.6. The maximum absolute atomic E-state index is 12.6. The molecule has 2 aromatic carbocycles. The molecule has 1 fully saturated rings. The van der Waals surface area contributed by atoms with Crippen LogP contribution in [0.1, 0.15) is 18.0 Å². The van der Waals surface area contributed by atoms with Gasteiger partial charge in [0.05, 0.1) is 12.5 Å². The van der Waals surface area contributed by atoms with Crippen LogP contribution in [0.2, 0.25) is 0 Å². The number of hydrogen-bond acceptors (Lipinski definition) is 7. The maximum Gasteiger partial charge on any atom is 0.327 e. The van der Waals surface area contributed by atoms with E-state index in [-0.39, 0.29) is 17.6 Å². The average Bonchev–Trinajstić information content (AvgIpc) is 2.82. The summed E-state index contributed by atoms with van der Waals surface area (Å²) >= 11 is 0. The highest BCUT2D eigenvalue weighted by atomic mass is 16.5. The lowest BCUT2D eigenvalue weighted by atomic mass is 10.0. The fourth-order valence-electron chi connectivity index (χ4n) is 4.10. The largest absolute Gasteiger partial charge is 0.468 e. The lowest BCUT2D eigenvalue weighted by Crippen LogP contribution is -2.49. The second-order valence-electron chi connectivity index (χ2n) is 7.70. The zero-order valence-electron chi connectivity index (χ0n) is 17.7. The molecule has 1 atom stereocenters. The molecule has 2 heterocycles. The molecule has 8 heteroatoms. The van der Waals surface area contributed by atoms with Crippen LogP contribution in [0.15, 0.2) is 59.4 Å². The number of carbonyl (C=O) groups is 1. The third-order valence-corrected chi connectivity index (χ3v) is 5.79. The molecule has 1 aromatic heterocycles. The Labute approximate surface area is 181 Å². The van der Waals surface area contributed by atoms with E-state index in [2.05, 4.69) is 20.1 Å². The summed E-state index contributed by atoms with van der Waals surface area (Å²) in [5.74, 6) is -0.228. The molecule has 0 amide bonds. The van der Waals surface area contributed by atoms with Crippen LogP contribution in [0.25, 0.3) is 10.9 Å². The smallest absolute Gasteiger partial charge is 0.327 e. The lowest BCUT2D eigenvalue weighted by molar-refractivity contribution is -0.148. The predicted molar refractivity (Wildman–Crippen MR) is 118 cm³/mol. The summed E-state index contributed by atoms with van der Waals surface area (Å²) in [6, 6.07) is 16.7. The van der Waals surface area contributed by atoms with Crippen LogP contribution in [-0.4, -0.2) is 70.6 Å². The van der Waals surface area contributed by atoms with Gasteiger partial charge >= 0.3 is 5.97 Å². The van der Waals surface area contributed by atoms with Crippen molar-refractivity contribution in [3.05, 3.63) is 70.5 Å². The number of aromatic nitrogens is 3. The highest BCUT2D eigenvalue weighted by Gasteiger charge is 2.31. The van der Waals surface area contributed by atoms with E-state index in [1.807, 2.05) is 42.5 Å². The standard InChI is InChI=1S/C23H27N5O3/c1-31-23(30)21(18-8-3-2-4-9-18)27-16-14-26(15-17-27)12-7-13-28-22(29)19-10-5-6-11-20(19)24-25-28/h2-6,8-11,21H,7,12-17H2,1H3. The van der Waals surface area contributed by atoms with Crippen molar-refractivity contribution < 1.29 is 9.53 Å². The van der Waals surface area contributed by atoms with Crippen molar-refractivity contribution in [3.63, 3.8) is 0 Å². The van der Waals surface area contributed by atoms with Gasteiger partial charge in [0.2, 0.25) is 0 Å². The summed E-state index contributed by atoms with van der Waals surface area (Å²) in [5, 5.41) is 8.80. The van der Waals surface area contributed by atoms with Gasteiger partial charge in [-0.25, -0.2) is 9.48 Å². The summed E-state index contributed by atoms with van der Waals surface area (Å²) in [7, 11) is 1.44. The third-order valence-electron chi connectivity index (χ3n) is 5.79. The number of piperazine rings is 1. The first-order valence-electron chi connectivity index (χ1n) is 10.6. The Morgan fingerprint density at radius 1 is 1.00 bits per heavy atom. The van der Waals surface area contributed by atoms with E-state index in [4.69, 9.17) is 4.74 Å². The van der Waals surface area contributed by atoms with Crippen LogP contribution in [0.4, 0.5) is 0 Å². The molecule has 162 valence electrons. The van der Waals surface area contributed by atoms with Gasteiger partial charge in [0, 0.05) is 39.3 Å². The molecule has 31 heavy (non-hydrogen) atoms. The Morgan fingerprint density at radius 3 is 2.45 bits per heavy atom. The summed E-state index contributed by atoms with van der Waals surface area (Å²) in [6.45, 7) is 4.68. The van der Waals surface area contributed by atoms with Gasteiger partial charge in [0.1, 0.15) is 11.6 Å². The number of hydrogen-bond donors (Lipinski definition) is 0. The Hall–Kier alpha value is -3.10. The molecule has 0 saturated carbocycles. The molecule has 1 unspecified atom stereocenters. The Bertz CT molecular complexity index is 1080. The minimum absolute atomic E-state index is 0.0980. The zero-order valence-corrected chi connectivity index (χ0v) is 17.7. The molecule has 1 aliphatic heterocycles. The van der Waals surface area contributed by atoms with E-state index in [0.29, 0.717) is 17.4 Å². The van der Waals surface area contributed by atoms with E-state index in [9.17, 15) is 9.59 Å². The SMILES string of the molecule is COC(=O)C(c1ccccc1)N1CCN(CCCn2nnc3ccccc3c2=O)CC1. The van der Waals surface area contributed by atoms with Gasteiger partial charge in [-0.15, -0.1) is 5.10 Å². The topological polar surface area (TPSA) is 80.6 Å². The highest BCUT2D eigenvalue weighted by Crippen LogP contribution is 2.23. The van der Waals surface area contributed by atoms with Gasteiger partial charge < -0.3 is 9.64 Å². The normalized spacial score (nSPS) is 16.3. The molecule has 0 aliphatic carbocycles. The molecular formula is C23H27N5O3. The van der Waals surface area contributed by atoms with Crippen molar-refractivity contribution in [2.45, 2.75) is 19.0 Å². The molecular weight excluding hydrogens is 394 g/mol. The van der Waals surface area contributed by atoms with Crippen LogP contribution in [0, 0.1) is 0 Å². The monoisotopic (exact) mass is 421 g/mol. The van der Waals surface area contributed by atoms with Gasteiger partial charge in [-0.1, -0.05) is 47.7 Å². The number of carbonyl (C=O) groups excluding carboxylic acids is 1. The first kappa shape index (κ1) is 21.1. The molecule has 1 saturated heterocycles. The van der Waals surface area contributed by atoms with Crippen molar-refractivity contribution in [1.29, 1.82) is 0 Å². The van der Waals surface area contributed by atoms with Crippen LogP contribution in [0.5, 0.6) is 0 Å². The quantitative estimate of drug-likeness (QED) is 0.537. The summed E-state index contributed by atoms with van der Waals surface area (Å²) in [6.07, 6.45) is 0.812. The molecule has 4 rings (SSSR count). The van der Waals surface area contributed by atoms with Crippen molar-refractivity contribution in [2.24, 2.45) is 0 Å². The predicted octanol–water partition coefficient (Wildman–Crippen LogP) is 1.71. The van der Waals surface area contributed by atoms with Gasteiger partial charge in [-0.05, 0) is 24.1 Å². The van der Waals surface area contributed by atoms with Crippen LogP contribution in [0.3, 0.4) is 0 Å². The number of aryl methyl sites for hydroxylation is 1. The summed E-state index contributed by atoms with van der Waals surface area (Å²) < 4.78 is 6.51. The molecule has 3 aromatic rings. The first-order chi connectivity index (χ1) is 15.2. The van der Waals surface area contributed by atoms with Crippen molar-refractivity contribution in [3.8, 4) is 0 Å². The van der Waals surface area contributed by atoms with E-state index in [0.717, 1.165) is 44.7 Å². The van der Waals surface area contributed by atoms with Crippen LogP contribution < -0.4 is 5.56 Å². The summed E-state index contributed by atoms with van der Waals surface area (Å²) in [4.78, 5) is 29.5. The number of nitrogens with zero attached hydrogens (tertiary/aromatic N) is 5. The van der Waals surface area contributed by atoms with Crippen LogP contribution in [-0.2, 0) is 16.1 Å². The van der Waals surface area contributed by atoms with Gasteiger partial charge in [0.15, 0.2) is 0 Å². The van der Waals surface area contributed by atoms with E-state index in [1.54, 1.807) is 12.1 Å². The average molecular weight is 422 g/mol. The second-order valence-corrected chi connectivity index (χ2v) is 7.70. The number of fused-ring (bicyclic) bond motifs is 1. The number of esters is 1. The van der Waals surface area contributed by atoms with Crippen LogP contribution >= 0.6 is 0 Å². The second kappa shape index (κ2) is 9.80. The number of rotatable bonds is 7. The Morgan fingerprint density at radius 2 is 1.71 bits per heavy atom. The highest BCUT2D eigenvalue weighted by molar-refractivity contribution is 5.77. The number of benzene rings is 2. The minimum Gasteiger partial charge on any atom is -0.468 e. The van der Waals surface area contributed by atoms with Crippen molar-refractivity contribution in [1.82, 2.24) is 24.8 Å². The zero-order chi connectivity index (χ0) is 21.6. The van der Waals surface area contributed by atoms with Crippen molar-refractivity contribution in [2.75, 3.05) is 39.8 Å². The fraction of sp³-hybridized carbons (Fsp3) is 0.391. The summed E-state index contributed by atoms with van der Waals surface area (Å²) in [5.41, 5.74) is 1.48. The molecule has 0 radical (unpaired) electrons. The molecule has 0 N–H and O–H groups in total.